The second-order valence-corrected chi connectivity index (χ2v) is 5.14. The molecule has 1 unspecified atom stereocenters. The van der Waals surface area contributed by atoms with E-state index >= 15 is 0 Å². The van der Waals surface area contributed by atoms with E-state index in [1.54, 1.807) is 5.38 Å². The summed E-state index contributed by atoms with van der Waals surface area (Å²) >= 11 is 1.46. The smallest absolute Gasteiger partial charge is 0.339 e. The summed E-state index contributed by atoms with van der Waals surface area (Å²) < 4.78 is 4.87. The summed E-state index contributed by atoms with van der Waals surface area (Å²) in [5.74, 6) is -1.01. The van der Waals surface area contributed by atoms with Gasteiger partial charge in [0.05, 0.1) is 10.7 Å². The molecular formula is C10H15NO3S. The minimum absolute atomic E-state index is 0.0558. The summed E-state index contributed by atoms with van der Waals surface area (Å²) in [7, 11) is 1.37. The molecule has 0 aliphatic heterocycles. The standard InChI is InChI=1S/C10H15NO3S/c1-10(2,3)9-11-6(5-15-9)7(14-4)8(12)13/h5,7H,1-4H3,(H,12,13). The van der Waals surface area contributed by atoms with Crippen LogP contribution in [0.2, 0.25) is 0 Å². The van der Waals surface area contributed by atoms with E-state index in [9.17, 15) is 4.79 Å². The van der Waals surface area contributed by atoms with Crippen LogP contribution >= 0.6 is 11.3 Å². The molecule has 0 saturated heterocycles. The van der Waals surface area contributed by atoms with E-state index in [1.807, 2.05) is 20.8 Å². The van der Waals surface area contributed by atoms with Crippen molar-refractivity contribution < 1.29 is 14.6 Å². The van der Waals surface area contributed by atoms with Crippen LogP contribution in [0.25, 0.3) is 0 Å². The van der Waals surface area contributed by atoms with E-state index in [-0.39, 0.29) is 5.41 Å². The van der Waals surface area contributed by atoms with Gasteiger partial charge in [-0.1, -0.05) is 20.8 Å². The average Bonchev–Trinajstić information content (AvgIpc) is 2.52. The Morgan fingerprint density at radius 2 is 2.20 bits per heavy atom. The molecule has 15 heavy (non-hydrogen) atoms. The summed E-state index contributed by atoms with van der Waals surface area (Å²) in [6.45, 7) is 6.12. The SMILES string of the molecule is COC(C(=O)O)c1csc(C(C)(C)C)n1. The fraction of sp³-hybridized carbons (Fsp3) is 0.600. The van der Waals surface area contributed by atoms with Crippen LogP contribution in [0.5, 0.6) is 0 Å². The second kappa shape index (κ2) is 4.28. The molecule has 0 amide bonds. The number of rotatable bonds is 3. The van der Waals surface area contributed by atoms with Gasteiger partial charge in [-0.05, 0) is 0 Å². The van der Waals surface area contributed by atoms with Crippen LogP contribution in [0.4, 0.5) is 0 Å². The summed E-state index contributed by atoms with van der Waals surface area (Å²) in [4.78, 5) is 15.1. The van der Waals surface area contributed by atoms with Crippen molar-refractivity contribution in [3.8, 4) is 0 Å². The number of aliphatic carboxylic acids is 1. The van der Waals surface area contributed by atoms with Crippen LogP contribution in [0.15, 0.2) is 5.38 Å². The first-order chi connectivity index (χ1) is 6.86. The monoisotopic (exact) mass is 229 g/mol. The Morgan fingerprint density at radius 3 is 2.53 bits per heavy atom. The highest BCUT2D eigenvalue weighted by atomic mass is 32.1. The van der Waals surface area contributed by atoms with Gasteiger partial charge in [-0.25, -0.2) is 9.78 Å². The third-order valence-electron chi connectivity index (χ3n) is 1.89. The molecule has 0 saturated carbocycles. The lowest BCUT2D eigenvalue weighted by molar-refractivity contribution is -0.149. The number of thiazole rings is 1. The third-order valence-corrected chi connectivity index (χ3v) is 3.18. The number of hydrogen-bond donors (Lipinski definition) is 1. The minimum atomic E-state index is -1.01. The van der Waals surface area contributed by atoms with Gasteiger partial charge in [-0.2, -0.15) is 0 Å². The molecule has 1 rings (SSSR count). The predicted octanol–water partition coefficient (Wildman–Crippen LogP) is 2.21. The molecule has 5 heteroatoms. The molecule has 0 aliphatic carbocycles. The number of carboxylic acids is 1. The van der Waals surface area contributed by atoms with Gasteiger partial charge in [0.1, 0.15) is 0 Å². The van der Waals surface area contributed by atoms with Gasteiger partial charge in [0.25, 0.3) is 0 Å². The Bertz CT molecular complexity index is 354. The van der Waals surface area contributed by atoms with Crippen LogP contribution in [-0.2, 0) is 14.9 Å². The lowest BCUT2D eigenvalue weighted by atomic mass is 9.98. The molecule has 1 N–H and O–H groups in total. The second-order valence-electron chi connectivity index (χ2n) is 4.28. The number of nitrogens with zero attached hydrogens (tertiary/aromatic N) is 1. The first-order valence-electron chi connectivity index (χ1n) is 4.57. The first-order valence-corrected chi connectivity index (χ1v) is 5.45. The van der Waals surface area contributed by atoms with Crippen molar-refractivity contribution in [2.45, 2.75) is 32.3 Å². The lowest BCUT2D eigenvalue weighted by Crippen LogP contribution is -2.15. The molecule has 1 atom stereocenters. The highest BCUT2D eigenvalue weighted by Crippen LogP contribution is 2.28. The van der Waals surface area contributed by atoms with E-state index < -0.39 is 12.1 Å². The Balaban J connectivity index is 2.97. The third kappa shape index (κ3) is 2.76. The molecule has 0 aromatic carbocycles. The molecule has 0 spiro atoms. The number of methoxy groups -OCH3 is 1. The van der Waals surface area contributed by atoms with Crippen LogP contribution in [0.3, 0.4) is 0 Å². The zero-order valence-electron chi connectivity index (χ0n) is 9.27. The van der Waals surface area contributed by atoms with Gasteiger partial charge in [-0.3, -0.25) is 0 Å². The van der Waals surface area contributed by atoms with Crippen LogP contribution in [-0.4, -0.2) is 23.2 Å². The summed E-state index contributed by atoms with van der Waals surface area (Å²) in [5, 5.41) is 11.5. The quantitative estimate of drug-likeness (QED) is 0.863. The van der Waals surface area contributed by atoms with Crippen molar-refractivity contribution in [3.05, 3.63) is 16.1 Å². The minimum Gasteiger partial charge on any atom is -0.479 e. The maximum Gasteiger partial charge on any atom is 0.339 e. The first kappa shape index (κ1) is 12.1. The molecule has 0 bridgehead atoms. The molecule has 0 fully saturated rings. The summed E-state index contributed by atoms with van der Waals surface area (Å²) in [5.41, 5.74) is 0.416. The Kier molecular flexibility index (Phi) is 3.46. The topological polar surface area (TPSA) is 59.4 Å². The zero-order valence-corrected chi connectivity index (χ0v) is 10.1. The average molecular weight is 229 g/mol. The fourth-order valence-electron chi connectivity index (χ4n) is 1.10. The molecule has 4 nitrogen and oxygen atoms in total. The van der Waals surface area contributed by atoms with E-state index in [2.05, 4.69) is 4.98 Å². The Labute approximate surface area is 92.9 Å². The highest BCUT2D eigenvalue weighted by molar-refractivity contribution is 7.09. The number of carbonyl (C=O) groups is 1. The molecule has 0 radical (unpaired) electrons. The highest BCUT2D eigenvalue weighted by Gasteiger charge is 2.25. The van der Waals surface area contributed by atoms with Crippen molar-refractivity contribution in [3.63, 3.8) is 0 Å². The number of ether oxygens (including phenoxy) is 1. The normalized spacial score (nSPS) is 13.9. The van der Waals surface area contributed by atoms with E-state index in [0.29, 0.717) is 5.69 Å². The summed E-state index contributed by atoms with van der Waals surface area (Å²) in [6.07, 6.45) is -0.961. The van der Waals surface area contributed by atoms with Crippen molar-refractivity contribution in [2.75, 3.05) is 7.11 Å². The van der Waals surface area contributed by atoms with Crippen molar-refractivity contribution in [1.82, 2.24) is 4.98 Å². The van der Waals surface area contributed by atoms with Crippen molar-refractivity contribution in [2.24, 2.45) is 0 Å². The number of aromatic nitrogens is 1. The van der Waals surface area contributed by atoms with Gasteiger partial charge < -0.3 is 9.84 Å². The predicted molar refractivity (Wildman–Crippen MR) is 58.2 cm³/mol. The maximum absolute atomic E-state index is 10.8. The van der Waals surface area contributed by atoms with Gasteiger partial charge in [0.15, 0.2) is 6.10 Å². The molecular weight excluding hydrogens is 214 g/mol. The maximum atomic E-state index is 10.8. The molecule has 1 heterocycles. The Morgan fingerprint density at radius 1 is 1.60 bits per heavy atom. The van der Waals surface area contributed by atoms with Gasteiger partial charge in [-0.15, -0.1) is 11.3 Å². The summed E-state index contributed by atoms with van der Waals surface area (Å²) in [6, 6.07) is 0. The zero-order chi connectivity index (χ0) is 11.6. The number of carboxylic acid groups (broad SMARTS) is 1. The van der Waals surface area contributed by atoms with Crippen molar-refractivity contribution >= 4 is 17.3 Å². The molecule has 0 aliphatic rings. The fourth-order valence-corrected chi connectivity index (χ4v) is 2.02. The van der Waals surface area contributed by atoms with Gasteiger partial charge in [0, 0.05) is 17.9 Å². The van der Waals surface area contributed by atoms with Crippen LogP contribution in [0, 0.1) is 0 Å². The molecule has 84 valence electrons. The van der Waals surface area contributed by atoms with E-state index in [4.69, 9.17) is 9.84 Å². The number of hydrogen-bond acceptors (Lipinski definition) is 4. The Hall–Kier alpha value is -0.940. The van der Waals surface area contributed by atoms with E-state index in [1.165, 1.54) is 18.4 Å². The van der Waals surface area contributed by atoms with Gasteiger partial charge in [0.2, 0.25) is 0 Å². The van der Waals surface area contributed by atoms with Gasteiger partial charge >= 0.3 is 5.97 Å². The van der Waals surface area contributed by atoms with Crippen LogP contribution < -0.4 is 0 Å². The van der Waals surface area contributed by atoms with Crippen LogP contribution in [0.1, 0.15) is 37.6 Å². The molecule has 1 aromatic rings. The van der Waals surface area contributed by atoms with E-state index in [0.717, 1.165) is 5.01 Å². The lowest BCUT2D eigenvalue weighted by Gasteiger charge is -2.14. The largest absolute Gasteiger partial charge is 0.479 e. The molecule has 1 aromatic heterocycles. The van der Waals surface area contributed by atoms with Crippen molar-refractivity contribution in [1.29, 1.82) is 0 Å².